The number of hydrogen-bond donors (Lipinski definition) is 2. The quantitative estimate of drug-likeness (QED) is 0.897. The summed E-state index contributed by atoms with van der Waals surface area (Å²) in [6, 6.07) is 7.49. The Morgan fingerprint density at radius 1 is 1.20 bits per heavy atom. The van der Waals surface area contributed by atoms with Crippen LogP contribution < -0.4 is 15.4 Å². The topological polar surface area (TPSA) is 76.1 Å². The van der Waals surface area contributed by atoms with Gasteiger partial charge < -0.3 is 15.4 Å². The summed E-state index contributed by atoms with van der Waals surface area (Å²) in [7, 11) is 0. The molecule has 0 spiro atoms. The van der Waals surface area contributed by atoms with Crippen molar-refractivity contribution in [1.29, 1.82) is 0 Å². The highest BCUT2D eigenvalue weighted by Gasteiger charge is 2.04. The van der Waals surface area contributed by atoms with E-state index in [1.807, 2.05) is 38.1 Å². The van der Waals surface area contributed by atoms with Crippen molar-refractivity contribution in [2.24, 2.45) is 0 Å². The van der Waals surface area contributed by atoms with Crippen molar-refractivity contribution in [3.05, 3.63) is 42.2 Å². The maximum absolute atomic E-state index is 11.8. The summed E-state index contributed by atoms with van der Waals surface area (Å²) in [5.74, 6) is 0. The van der Waals surface area contributed by atoms with Crippen molar-refractivity contribution in [3.8, 4) is 6.01 Å². The Bertz CT molecular complexity index is 584. The van der Waals surface area contributed by atoms with Gasteiger partial charge in [-0.05, 0) is 31.5 Å². The minimum absolute atomic E-state index is 0.289. The highest BCUT2D eigenvalue weighted by Crippen LogP contribution is 2.11. The molecule has 0 aliphatic heterocycles. The number of anilines is 2. The van der Waals surface area contributed by atoms with Crippen LogP contribution in [0.1, 0.15) is 12.5 Å². The lowest BCUT2D eigenvalue weighted by molar-refractivity contribution is 0.262. The monoisotopic (exact) mass is 272 g/mol. The lowest BCUT2D eigenvalue weighted by Crippen LogP contribution is -2.19. The molecule has 1 aromatic carbocycles. The van der Waals surface area contributed by atoms with E-state index in [0.29, 0.717) is 12.3 Å². The normalized spacial score (nSPS) is 9.90. The van der Waals surface area contributed by atoms with Crippen molar-refractivity contribution in [2.45, 2.75) is 13.8 Å². The van der Waals surface area contributed by atoms with E-state index in [1.54, 1.807) is 0 Å². The molecular weight excluding hydrogens is 256 g/mol. The van der Waals surface area contributed by atoms with Crippen molar-refractivity contribution in [1.82, 2.24) is 9.97 Å². The molecule has 0 unspecified atom stereocenters. The molecule has 2 rings (SSSR count). The summed E-state index contributed by atoms with van der Waals surface area (Å²) in [4.78, 5) is 19.7. The fourth-order valence-corrected chi connectivity index (χ4v) is 1.60. The first-order valence-electron chi connectivity index (χ1n) is 6.27. The molecule has 0 atom stereocenters. The molecule has 6 nitrogen and oxygen atoms in total. The van der Waals surface area contributed by atoms with Crippen LogP contribution in [0.5, 0.6) is 6.01 Å². The van der Waals surface area contributed by atoms with E-state index in [2.05, 4.69) is 20.6 Å². The van der Waals surface area contributed by atoms with Crippen LogP contribution in [0.3, 0.4) is 0 Å². The smallest absolute Gasteiger partial charge is 0.323 e. The predicted molar refractivity (Wildman–Crippen MR) is 77.0 cm³/mol. The zero-order valence-electron chi connectivity index (χ0n) is 11.4. The van der Waals surface area contributed by atoms with Gasteiger partial charge in [-0.3, -0.25) is 0 Å². The number of ether oxygens (including phenoxy) is 1. The van der Waals surface area contributed by atoms with Crippen LogP contribution in [0.2, 0.25) is 0 Å². The third kappa shape index (κ3) is 3.94. The van der Waals surface area contributed by atoms with Gasteiger partial charge in [0.25, 0.3) is 0 Å². The molecule has 1 heterocycles. The Balaban J connectivity index is 1.94. The van der Waals surface area contributed by atoms with Gasteiger partial charge in [0.15, 0.2) is 0 Å². The molecule has 0 saturated carbocycles. The molecule has 0 saturated heterocycles. The molecule has 6 heteroatoms. The highest BCUT2D eigenvalue weighted by atomic mass is 16.5. The third-order valence-electron chi connectivity index (χ3n) is 2.44. The second-order valence-corrected chi connectivity index (χ2v) is 4.14. The first kappa shape index (κ1) is 13.8. The Morgan fingerprint density at radius 3 is 2.55 bits per heavy atom. The zero-order valence-corrected chi connectivity index (χ0v) is 11.4. The fourth-order valence-electron chi connectivity index (χ4n) is 1.60. The van der Waals surface area contributed by atoms with Gasteiger partial charge in [0.1, 0.15) is 0 Å². The Labute approximate surface area is 117 Å². The van der Waals surface area contributed by atoms with Crippen LogP contribution in [0.25, 0.3) is 0 Å². The van der Waals surface area contributed by atoms with Gasteiger partial charge in [0, 0.05) is 5.69 Å². The number of carbonyl (C=O) groups excluding carboxylic acids is 1. The molecule has 20 heavy (non-hydrogen) atoms. The molecule has 1 aromatic heterocycles. The van der Waals surface area contributed by atoms with E-state index in [9.17, 15) is 4.79 Å². The van der Waals surface area contributed by atoms with Crippen molar-refractivity contribution >= 4 is 17.4 Å². The molecule has 2 amide bonds. The average Bonchev–Trinajstić information content (AvgIpc) is 2.41. The van der Waals surface area contributed by atoms with Crippen molar-refractivity contribution in [2.75, 3.05) is 17.2 Å². The van der Waals surface area contributed by atoms with E-state index < -0.39 is 0 Å². The first-order chi connectivity index (χ1) is 9.67. The largest absolute Gasteiger partial charge is 0.464 e. The van der Waals surface area contributed by atoms with Crippen LogP contribution >= 0.6 is 0 Å². The maximum atomic E-state index is 11.8. The molecule has 0 radical (unpaired) electrons. The molecular formula is C14H16N4O2. The summed E-state index contributed by atoms with van der Waals surface area (Å²) in [6.45, 7) is 4.31. The first-order valence-corrected chi connectivity index (χ1v) is 6.27. The molecule has 0 bridgehead atoms. The van der Waals surface area contributed by atoms with Gasteiger partial charge in [0.2, 0.25) is 0 Å². The molecule has 2 N–H and O–H groups in total. The van der Waals surface area contributed by atoms with Gasteiger partial charge in [0.05, 0.1) is 24.7 Å². The van der Waals surface area contributed by atoms with Gasteiger partial charge in [-0.2, -0.15) is 0 Å². The Kier molecular flexibility index (Phi) is 4.49. The lowest BCUT2D eigenvalue weighted by atomic mass is 10.2. The summed E-state index contributed by atoms with van der Waals surface area (Å²) >= 11 is 0. The SMILES string of the molecule is CCOc1ncc(NC(=O)Nc2cccc(C)c2)cn1. The molecule has 0 fully saturated rings. The number of nitrogens with one attached hydrogen (secondary N) is 2. The van der Waals surface area contributed by atoms with Gasteiger partial charge in [-0.1, -0.05) is 12.1 Å². The minimum Gasteiger partial charge on any atom is -0.464 e. The zero-order chi connectivity index (χ0) is 14.4. The Morgan fingerprint density at radius 2 is 1.90 bits per heavy atom. The van der Waals surface area contributed by atoms with Crippen LogP contribution in [0.4, 0.5) is 16.2 Å². The number of benzene rings is 1. The second kappa shape index (κ2) is 6.51. The van der Waals surface area contributed by atoms with Crippen LogP contribution in [-0.2, 0) is 0 Å². The average molecular weight is 272 g/mol. The number of amides is 2. The number of urea groups is 1. The van der Waals surface area contributed by atoms with E-state index in [1.165, 1.54) is 12.4 Å². The number of rotatable bonds is 4. The fraction of sp³-hybridized carbons (Fsp3) is 0.214. The summed E-state index contributed by atoms with van der Waals surface area (Å²) in [5.41, 5.74) is 2.31. The second-order valence-electron chi connectivity index (χ2n) is 4.14. The lowest BCUT2D eigenvalue weighted by Gasteiger charge is -2.08. The molecule has 0 aliphatic rings. The van der Waals surface area contributed by atoms with E-state index in [-0.39, 0.29) is 12.0 Å². The summed E-state index contributed by atoms with van der Waals surface area (Å²) in [5, 5.41) is 5.38. The number of carbonyl (C=O) groups is 1. The Hall–Kier alpha value is -2.63. The van der Waals surface area contributed by atoms with Crippen molar-refractivity contribution < 1.29 is 9.53 Å². The molecule has 104 valence electrons. The van der Waals surface area contributed by atoms with Crippen LogP contribution in [0, 0.1) is 6.92 Å². The third-order valence-corrected chi connectivity index (χ3v) is 2.44. The van der Waals surface area contributed by atoms with Crippen molar-refractivity contribution in [3.63, 3.8) is 0 Å². The highest BCUT2D eigenvalue weighted by molar-refractivity contribution is 5.99. The number of hydrogen-bond acceptors (Lipinski definition) is 4. The van der Waals surface area contributed by atoms with E-state index in [4.69, 9.17) is 4.74 Å². The van der Waals surface area contributed by atoms with E-state index in [0.717, 1.165) is 11.3 Å². The number of aryl methyl sites for hydroxylation is 1. The molecule has 2 aromatic rings. The van der Waals surface area contributed by atoms with Gasteiger partial charge in [-0.15, -0.1) is 0 Å². The minimum atomic E-state index is -0.344. The number of aromatic nitrogens is 2. The summed E-state index contributed by atoms with van der Waals surface area (Å²) < 4.78 is 5.12. The van der Waals surface area contributed by atoms with E-state index >= 15 is 0 Å². The molecule has 0 aliphatic carbocycles. The van der Waals surface area contributed by atoms with Crippen LogP contribution in [-0.4, -0.2) is 22.6 Å². The van der Waals surface area contributed by atoms with Gasteiger partial charge >= 0.3 is 12.0 Å². The predicted octanol–water partition coefficient (Wildman–Crippen LogP) is 2.83. The van der Waals surface area contributed by atoms with Gasteiger partial charge in [-0.25, -0.2) is 14.8 Å². The standard InChI is InChI=1S/C14H16N4O2/c1-3-20-14-15-8-12(9-16-14)18-13(19)17-11-6-4-5-10(2)7-11/h4-9H,3H2,1-2H3,(H2,17,18,19). The summed E-state index contributed by atoms with van der Waals surface area (Å²) in [6.07, 6.45) is 2.99. The number of nitrogens with zero attached hydrogens (tertiary/aromatic N) is 2. The maximum Gasteiger partial charge on any atom is 0.323 e. The van der Waals surface area contributed by atoms with Crippen LogP contribution in [0.15, 0.2) is 36.7 Å².